The number of benzene rings is 1. The third kappa shape index (κ3) is 3.27. The highest BCUT2D eigenvalue weighted by molar-refractivity contribution is 6.21. The molecule has 6 nitrogen and oxygen atoms in total. The molecule has 2 aliphatic rings. The molecule has 2 aliphatic heterocycles. The van der Waals surface area contributed by atoms with Crippen LogP contribution in [0.3, 0.4) is 0 Å². The molecule has 1 atom stereocenters. The third-order valence-electron chi connectivity index (χ3n) is 4.20. The van der Waals surface area contributed by atoms with Crippen LogP contribution in [-0.4, -0.2) is 59.9 Å². The lowest BCUT2D eigenvalue weighted by atomic mass is 10.1. The number of esters is 1. The van der Waals surface area contributed by atoms with Crippen LogP contribution in [0.4, 0.5) is 0 Å². The lowest BCUT2D eigenvalue weighted by molar-refractivity contribution is -0.149. The summed E-state index contributed by atoms with van der Waals surface area (Å²) in [6.45, 7) is 3.89. The van der Waals surface area contributed by atoms with Gasteiger partial charge < -0.3 is 4.74 Å². The van der Waals surface area contributed by atoms with Gasteiger partial charge >= 0.3 is 5.97 Å². The van der Waals surface area contributed by atoms with Crippen molar-refractivity contribution < 1.29 is 19.1 Å². The van der Waals surface area contributed by atoms with E-state index < -0.39 is 6.10 Å². The van der Waals surface area contributed by atoms with Gasteiger partial charge in [0.25, 0.3) is 11.8 Å². The highest BCUT2D eigenvalue weighted by Crippen LogP contribution is 2.22. The zero-order valence-electron chi connectivity index (χ0n) is 13.2. The molecular formula is C17H20N2O4. The molecule has 1 aromatic carbocycles. The largest absolute Gasteiger partial charge is 0.460 e. The van der Waals surface area contributed by atoms with Crippen molar-refractivity contribution in [2.75, 3.05) is 26.2 Å². The van der Waals surface area contributed by atoms with Gasteiger partial charge in [0.15, 0.2) is 0 Å². The predicted octanol–water partition coefficient (Wildman–Crippen LogP) is 1.31. The number of carbonyl (C=O) groups excluding carboxylic acids is 3. The van der Waals surface area contributed by atoms with Crippen molar-refractivity contribution in [3.63, 3.8) is 0 Å². The number of amides is 2. The molecule has 23 heavy (non-hydrogen) atoms. The summed E-state index contributed by atoms with van der Waals surface area (Å²) in [6, 6.07) is 6.74. The van der Waals surface area contributed by atoms with Crippen LogP contribution in [0.15, 0.2) is 24.3 Å². The average molecular weight is 316 g/mol. The number of fused-ring (bicyclic) bond motifs is 1. The first-order chi connectivity index (χ1) is 11.1. The van der Waals surface area contributed by atoms with Gasteiger partial charge in [-0.1, -0.05) is 12.1 Å². The minimum absolute atomic E-state index is 0.0814. The Hall–Kier alpha value is -2.21. The molecule has 3 rings (SSSR count). The smallest absolute Gasteiger partial charge is 0.320 e. The summed E-state index contributed by atoms with van der Waals surface area (Å²) in [4.78, 5) is 39.6. The highest BCUT2D eigenvalue weighted by atomic mass is 16.5. The van der Waals surface area contributed by atoms with E-state index in [-0.39, 0.29) is 30.9 Å². The molecule has 0 radical (unpaired) electrons. The number of hydrogen-bond acceptors (Lipinski definition) is 5. The van der Waals surface area contributed by atoms with Gasteiger partial charge in [-0.3, -0.25) is 24.2 Å². The molecule has 1 fully saturated rings. The van der Waals surface area contributed by atoms with Crippen LogP contribution in [0.25, 0.3) is 0 Å². The Morgan fingerprint density at radius 3 is 2.26 bits per heavy atom. The number of rotatable bonds is 5. The summed E-state index contributed by atoms with van der Waals surface area (Å²) in [5.41, 5.74) is 0.821. The van der Waals surface area contributed by atoms with Crippen LogP contribution in [0.1, 0.15) is 40.5 Å². The van der Waals surface area contributed by atoms with Crippen molar-refractivity contribution in [3.05, 3.63) is 35.4 Å². The van der Waals surface area contributed by atoms with Gasteiger partial charge in [-0.15, -0.1) is 0 Å². The first-order valence-electron chi connectivity index (χ1n) is 7.93. The van der Waals surface area contributed by atoms with Crippen LogP contribution >= 0.6 is 0 Å². The van der Waals surface area contributed by atoms with E-state index in [2.05, 4.69) is 4.90 Å². The van der Waals surface area contributed by atoms with Crippen LogP contribution in [-0.2, 0) is 9.53 Å². The molecule has 0 N–H and O–H groups in total. The third-order valence-corrected chi connectivity index (χ3v) is 4.20. The molecule has 122 valence electrons. The SMILES string of the molecule is CC(CN1C(=O)c2ccccc2C1=O)OC(=O)CN1CCCC1. The summed E-state index contributed by atoms with van der Waals surface area (Å²) >= 11 is 0. The maximum atomic E-state index is 12.3. The first kappa shape index (κ1) is 15.7. The number of likely N-dealkylation sites (tertiary alicyclic amines) is 1. The average Bonchev–Trinajstić information content (AvgIpc) is 3.11. The summed E-state index contributed by atoms with van der Waals surface area (Å²) in [7, 11) is 0. The number of nitrogens with zero attached hydrogens (tertiary/aromatic N) is 2. The van der Waals surface area contributed by atoms with Gasteiger partial charge in [-0.25, -0.2) is 0 Å². The molecule has 0 spiro atoms. The molecule has 0 bridgehead atoms. The Kier molecular flexibility index (Phi) is 4.43. The summed E-state index contributed by atoms with van der Waals surface area (Å²) in [5, 5.41) is 0. The second-order valence-corrected chi connectivity index (χ2v) is 6.05. The molecule has 0 aromatic heterocycles. The van der Waals surface area contributed by atoms with E-state index in [0.717, 1.165) is 30.8 Å². The normalized spacial score (nSPS) is 19.1. The van der Waals surface area contributed by atoms with E-state index in [1.807, 2.05) is 0 Å². The minimum atomic E-state index is -0.521. The van der Waals surface area contributed by atoms with E-state index >= 15 is 0 Å². The Morgan fingerprint density at radius 1 is 1.13 bits per heavy atom. The Balaban J connectivity index is 1.56. The summed E-state index contributed by atoms with van der Waals surface area (Å²) < 4.78 is 5.34. The van der Waals surface area contributed by atoms with Crippen LogP contribution in [0.2, 0.25) is 0 Å². The zero-order chi connectivity index (χ0) is 16.4. The molecule has 0 saturated carbocycles. The monoisotopic (exact) mass is 316 g/mol. The molecule has 1 aromatic rings. The molecule has 1 saturated heterocycles. The molecule has 1 unspecified atom stereocenters. The standard InChI is InChI=1S/C17H20N2O4/c1-12(23-15(20)11-18-8-4-5-9-18)10-19-16(21)13-6-2-3-7-14(13)17(19)22/h2-3,6-7,12H,4-5,8-11H2,1H3. The Labute approximate surface area is 135 Å². The summed E-state index contributed by atoms with van der Waals surface area (Å²) in [6.07, 6.45) is 1.70. The van der Waals surface area contributed by atoms with E-state index in [1.165, 1.54) is 0 Å². The van der Waals surface area contributed by atoms with E-state index in [4.69, 9.17) is 4.74 Å². The fourth-order valence-corrected chi connectivity index (χ4v) is 3.08. The quantitative estimate of drug-likeness (QED) is 0.605. The lowest BCUT2D eigenvalue weighted by Crippen LogP contribution is -2.39. The zero-order valence-corrected chi connectivity index (χ0v) is 13.2. The van der Waals surface area contributed by atoms with Gasteiger partial charge in [-0.05, 0) is 45.0 Å². The Morgan fingerprint density at radius 2 is 1.70 bits per heavy atom. The van der Waals surface area contributed by atoms with Crippen LogP contribution in [0, 0.1) is 0 Å². The number of imide groups is 1. The summed E-state index contributed by atoms with van der Waals surface area (Å²) in [5.74, 6) is -0.961. The van der Waals surface area contributed by atoms with Crippen molar-refractivity contribution in [2.45, 2.75) is 25.9 Å². The fraction of sp³-hybridized carbons (Fsp3) is 0.471. The predicted molar refractivity (Wildman–Crippen MR) is 83.0 cm³/mol. The van der Waals surface area contributed by atoms with Gasteiger partial charge in [0.1, 0.15) is 6.10 Å². The molecule has 2 amide bonds. The van der Waals surface area contributed by atoms with Gasteiger partial charge in [-0.2, -0.15) is 0 Å². The highest BCUT2D eigenvalue weighted by Gasteiger charge is 2.36. The van der Waals surface area contributed by atoms with Crippen molar-refractivity contribution >= 4 is 17.8 Å². The van der Waals surface area contributed by atoms with E-state index in [9.17, 15) is 14.4 Å². The number of carbonyl (C=O) groups is 3. The van der Waals surface area contributed by atoms with Crippen molar-refractivity contribution in [1.82, 2.24) is 9.80 Å². The van der Waals surface area contributed by atoms with Crippen molar-refractivity contribution in [1.29, 1.82) is 0 Å². The topological polar surface area (TPSA) is 66.9 Å². The maximum absolute atomic E-state index is 12.3. The molecule has 0 aliphatic carbocycles. The Bertz CT molecular complexity index is 602. The van der Waals surface area contributed by atoms with Gasteiger partial charge in [0.2, 0.25) is 0 Å². The second kappa shape index (κ2) is 6.50. The molecular weight excluding hydrogens is 296 g/mol. The van der Waals surface area contributed by atoms with E-state index in [0.29, 0.717) is 11.1 Å². The molecule has 6 heteroatoms. The number of hydrogen-bond donors (Lipinski definition) is 0. The second-order valence-electron chi connectivity index (χ2n) is 6.05. The van der Waals surface area contributed by atoms with E-state index in [1.54, 1.807) is 31.2 Å². The van der Waals surface area contributed by atoms with Gasteiger partial charge in [0.05, 0.1) is 24.2 Å². The maximum Gasteiger partial charge on any atom is 0.320 e. The van der Waals surface area contributed by atoms with Crippen molar-refractivity contribution in [2.24, 2.45) is 0 Å². The minimum Gasteiger partial charge on any atom is -0.460 e. The number of ether oxygens (including phenoxy) is 1. The van der Waals surface area contributed by atoms with Crippen molar-refractivity contribution in [3.8, 4) is 0 Å². The fourth-order valence-electron chi connectivity index (χ4n) is 3.08. The molecule has 2 heterocycles. The van der Waals surface area contributed by atoms with Crippen LogP contribution in [0.5, 0.6) is 0 Å². The van der Waals surface area contributed by atoms with Gasteiger partial charge in [0, 0.05) is 0 Å². The van der Waals surface area contributed by atoms with Crippen LogP contribution < -0.4 is 0 Å². The lowest BCUT2D eigenvalue weighted by Gasteiger charge is -2.21. The first-order valence-corrected chi connectivity index (χ1v) is 7.93.